The quantitative estimate of drug-likeness (QED) is 0.500. The summed E-state index contributed by atoms with van der Waals surface area (Å²) in [6.07, 6.45) is 1.84. The van der Waals surface area contributed by atoms with E-state index in [-0.39, 0.29) is 11.5 Å². The minimum absolute atomic E-state index is 0.0310. The third kappa shape index (κ3) is 3.32. The second-order valence-electron chi connectivity index (χ2n) is 6.50. The molecule has 1 fully saturated rings. The van der Waals surface area contributed by atoms with E-state index in [0.29, 0.717) is 35.9 Å². The lowest BCUT2D eigenvalue weighted by molar-refractivity contribution is -0.384. The molecule has 2 aliphatic heterocycles. The smallest absolute Gasteiger partial charge is 0.311 e. The highest BCUT2D eigenvalue weighted by molar-refractivity contribution is 5.61. The van der Waals surface area contributed by atoms with Crippen molar-refractivity contribution in [3.8, 4) is 11.8 Å². The first-order chi connectivity index (χ1) is 12.9. The van der Waals surface area contributed by atoms with Crippen molar-refractivity contribution < 1.29 is 14.2 Å². The number of hydrogen-bond acceptors (Lipinski definition) is 6. The number of aryl methyl sites for hydroxylation is 1. The summed E-state index contributed by atoms with van der Waals surface area (Å²) >= 11 is 0. The van der Waals surface area contributed by atoms with E-state index in [9.17, 15) is 14.5 Å². The molecule has 27 heavy (non-hydrogen) atoms. The Hall–Kier alpha value is -3.44. The molecule has 0 bridgehead atoms. The number of anilines is 1. The van der Waals surface area contributed by atoms with Gasteiger partial charge in [-0.25, -0.2) is 9.37 Å². The number of halogens is 1. The molecule has 7 nitrogen and oxygen atoms in total. The first-order valence-electron chi connectivity index (χ1n) is 8.26. The van der Waals surface area contributed by atoms with Crippen LogP contribution in [-0.4, -0.2) is 28.6 Å². The zero-order valence-electron chi connectivity index (χ0n) is 14.4. The summed E-state index contributed by atoms with van der Waals surface area (Å²) < 4.78 is 13.2. The fourth-order valence-corrected chi connectivity index (χ4v) is 3.06. The minimum Gasteiger partial charge on any atom is -0.344 e. The third-order valence-corrected chi connectivity index (χ3v) is 4.34. The number of aromatic nitrogens is 1. The Morgan fingerprint density at radius 2 is 2.15 bits per heavy atom. The zero-order valence-corrected chi connectivity index (χ0v) is 14.4. The molecule has 136 valence electrons. The molecule has 1 aromatic carbocycles. The monoisotopic (exact) mass is 366 g/mol. The summed E-state index contributed by atoms with van der Waals surface area (Å²) in [4.78, 5) is 22.5. The van der Waals surface area contributed by atoms with E-state index in [0.717, 1.165) is 0 Å². The molecule has 0 atom stereocenters. The van der Waals surface area contributed by atoms with E-state index < -0.39 is 10.5 Å². The lowest BCUT2D eigenvalue weighted by atomic mass is 9.93. The molecule has 8 heteroatoms. The van der Waals surface area contributed by atoms with Crippen molar-refractivity contribution in [2.24, 2.45) is 0 Å². The Morgan fingerprint density at radius 3 is 2.89 bits per heavy atom. The lowest BCUT2D eigenvalue weighted by Crippen LogP contribution is -2.62. The molecule has 1 N–H and O–H groups in total. The van der Waals surface area contributed by atoms with Crippen molar-refractivity contribution in [1.82, 2.24) is 10.5 Å². The second kappa shape index (κ2) is 6.37. The number of hydroxylamine groups is 1. The number of nitrogens with one attached hydrogen (secondary N) is 1. The molecule has 4 rings (SSSR count). The third-order valence-electron chi connectivity index (χ3n) is 4.34. The van der Waals surface area contributed by atoms with Gasteiger partial charge in [0.05, 0.1) is 18.0 Å². The summed E-state index contributed by atoms with van der Waals surface area (Å²) in [5.41, 5.74) is 3.98. The van der Waals surface area contributed by atoms with Crippen molar-refractivity contribution in [3.05, 3.63) is 75.4 Å². The van der Waals surface area contributed by atoms with E-state index in [2.05, 4.69) is 22.3 Å². The summed E-state index contributed by atoms with van der Waals surface area (Å²) in [5, 5.41) is 11.2. The van der Waals surface area contributed by atoms with E-state index in [1.165, 1.54) is 18.2 Å². The van der Waals surface area contributed by atoms with Crippen LogP contribution >= 0.6 is 0 Å². The number of pyridine rings is 1. The molecule has 0 radical (unpaired) electrons. The number of hydrogen-bond donors (Lipinski definition) is 1. The lowest BCUT2D eigenvalue weighted by Gasteiger charge is -2.45. The molecule has 2 aliphatic rings. The van der Waals surface area contributed by atoms with E-state index >= 15 is 0 Å². The van der Waals surface area contributed by atoms with Gasteiger partial charge in [-0.05, 0) is 43.2 Å². The molecular weight excluding hydrogens is 351 g/mol. The molecule has 3 heterocycles. The van der Waals surface area contributed by atoms with Gasteiger partial charge in [-0.3, -0.25) is 20.4 Å². The van der Waals surface area contributed by atoms with Crippen LogP contribution in [0.1, 0.15) is 11.3 Å². The molecule has 0 unspecified atom stereocenters. The van der Waals surface area contributed by atoms with Crippen LogP contribution in [0.4, 0.5) is 15.9 Å². The van der Waals surface area contributed by atoms with Gasteiger partial charge >= 0.3 is 5.69 Å². The van der Waals surface area contributed by atoms with E-state index in [1.807, 2.05) is 6.08 Å². The van der Waals surface area contributed by atoms with Crippen LogP contribution in [0.25, 0.3) is 0 Å². The van der Waals surface area contributed by atoms with Crippen LogP contribution < -0.4 is 10.4 Å². The van der Waals surface area contributed by atoms with Gasteiger partial charge in [0, 0.05) is 17.3 Å². The fourth-order valence-electron chi connectivity index (χ4n) is 3.06. The SMILES string of the molecule is Cc1ccc([N+](=O)[O-])c(N2CC3(C=C(C#Cc4cccc(F)c4)NO3)C2)n1. The van der Waals surface area contributed by atoms with Gasteiger partial charge in [-0.1, -0.05) is 12.0 Å². The Balaban J connectivity index is 1.50. The van der Waals surface area contributed by atoms with Crippen molar-refractivity contribution >= 4 is 11.5 Å². The van der Waals surface area contributed by atoms with Gasteiger partial charge in [-0.2, -0.15) is 0 Å². The standard InChI is InChI=1S/C19H15FN4O3/c1-13-5-8-17(24(25)26)18(21-13)23-11-19(12-23)10-16(22-27-19)7-6-14-3-2-4-15(20)9-14/h2-5,8-10,22H,11-12H2,1H3. The van der Waals surface area contributed by atoms with E-state index in [1.54, 1.807) is 30.0 Å². The molecule has 0 amide bonds. The Bertz CT molecular complexity index is 1020. The van der Waals surface area contributed by atoms with Gasteiger partial charge in [0.1, 0.15) is 11.5 Å². The van der Waals surface area contributed by atoms with Crippen LogP contribution in [0.15, 0.2) is 48.2 Å². The van der Waals surface area contributed by atoms with Crippen LogP contribution in [0, 0.1) is 34.7 Å². The van der Waals surface area contributed by atoms with Gasteiger partial charge < -0.3 is 4.90 Å². The molecule has 1 saturated heterocycles. The van der Waals surface area contributed by atoms with Gasteiger partial charge in [-0.15, -0.1) is 0 Å². The molecule has 0 saturated carbocycles. The predicted molar refractivity (Wildman–Crippen MR) is 96.2 cm³/mol. The van der Waals surface area contributed by atoms with Crippen LogP contribution in [0.2, 0.25) is 0 Å². The van der Waals surface area contributed by atoms with Crippen molar-refractivity contribution in [2.75, 3.05) is 18.0 Å². The largest absolute Gasteiger partial charge is 0.344 e. The molecule has 2 aromatic rings. The highest BCUT2D eigenvalue weighted by Gasteiger charge is 2.48. The Kier molecular flexibility index (Phi) is 4.01. The molecular formula is C19H15FN4O3. The van der Waals surface area contributed by atoms with Gasteiger partial charge in [0.2, 0.25) is 5.82 Å². The maximum atomic E-state index is 13.2. The van der Waals surface area contributed by atoms with Crippen LogP contribution in [0.3, 0.4) is 0 Å². The Labute approximate surface area is 154 Å². The first kappa shape index (κ1) is 17.0. The van der Waals surface area contributed by atoms with Gasteiger partial charge in [0.25, 0.3) is 0 Å². The zero-order chi connectivity index (χ0) is 19.0. The molecule has 0 aliphatic carbocycles. The van der Waals surface area contributed by atoms with Gasteiger partial charge in [0.15, 0.2) is 5.60 Å². The maximum Gasteiger partial charge on any atom is 0.311 e. The van der Waals surface area contributed by atoms with Crippen molar-refractivity contribution in [3.63, 3.8) is 0 Å². The average Bonchev–Trinajstić information content (AvgIpc) is 3.03. The number of benzene rings is 1. The van der Waals surface area contributed by atoms with Crippen molar-refractivity contribution in [2.45, 2.75) is 12.5 Å². The highest BCUT2D eigenvalue weighted by atomic mass is 19.1. The first-order valence-corrected chi connectivity index (χ1v) is 8.26. The average molecular weight is 366 g/mol. The minimum atomic E-state index is -0.606. The summed E-state index contributed by atoms with van der Waals surface area (Å²) in [7, 11) is 0. The van der Waals surface area contributed by atoms with Crippen LogP contribution in [-0.2, 0) is 4.84 Å². The summed E-state index contributed by atoms with van der Waals surface area (Å²) in [5.74, 6) is 5.77. The Morgan fingerprint density at radius 1 is 1.33 bits per heavy atom. The van der Waals surface area contributed by atoms with Crippen molar-refractivity contribution in [1.29, 1.82) is 0 Å². The second-order valence-corrected chi connectivity index (χ2v) is 6.50. The number of nitrogens with zero attached hydrogens (tertiary/aromatic N) is 3. The number of nitro groups is 1. The summed E-state index contributed by atoms with van der Waals surface area (Å²) in [6, 6.07) is 9.10. The van der Waals surface area contributed by atoms with E-state index in [4.69, 9.17) is 4.84 Å². The molecule has 1 aromatic heterocycles. The fraction of sp³-hybridized carbons (Fsp3) is 0.211. The van der Waals surface area contributed by atoms with Crippen LogP contribution in [0.5, 0.6) is 0 Å². The number of rotatable bonds is 2. The maximum absolute atomic E-state index is 13.2. The topological polar surface area (TPSA) is 80.5 Å². The summed E-state index contributed by atoms with van der Waals surface area (Å²) in [6.45, 7) is 2.63. The highest BCUT2D eigenvalue weighted by Crippen LogP contribution is 2.37. The molecule has 1 spiro atoms. The predicted octanol–water partition coefficient (Wildman–Crippen LogP) is 2.47. The number of allylic oxidation sites excluding steroid dienone is 1. The normalized spacial score (nSPS) is 16.8.